The lowest BCUT2D eigenvalue weighted by Crippen LogP contribution is -2.21. The summed E-state index contributed by atoms with van der Waals surface area (Å²) in [6.45, 7) is 1.65. The number of urea groups is 1. The van der Waals surface area contributed by atoms with Crippen molar-refractivity contribution in [2.75, 3.05) is 23.7 Å². The largest absolute Gasteiger partial charge is 0.368 e. The highest BCUT2D eigenvalue weighted by molar-refractivity contribution is 9.10. The number of carbonyl (C=O) groups is 1. The van der Waals surface area contributed by atoms with E-state index in [0.717, 1.165) is 40.3 Å². The van der Waals surface area contributed by atoms with Crippen molar-refractivity contribution in [3.05, 3.63) is 58.6 Å². The van der Waals surface area contributed by atoms with Gasteiger partial charge in [0, 0.05) is 28.0 Å². The minimum absolute atomic E-state index is 0. The van der Waals surface area contributed by atoms with E-state index >= 15 is 0 Å². The van der Waals surface area contributed by atoms with Gasteiger partial charge in [0.2, 0.25) is 0 Å². The molecule has 5 nitrogen and oxygen atoms in total. The zero-order valence-electron chi connectivity index (χ0n) is 12.2. The summed E-state index contributed by atoms with van der Waals surface area (Å²) in [5.74, 6) is 0.872. The van der Waals surface area contributed by atoms with Crippen molar-refractivity contribution in [1.82, 2.24) is 5.32 Å². The van der Waals surface area contributed by atoms with Crippen molar-refractivity contribution >= 4 is 51.6 Å². The van der Waals surface area contributed by atoms with E-state index in [1.165, 1.54) is 0 Å². The minimum atomic E-state index is -0.277. The normalized spacial score (nSPS) is 12.7. The van der Waals surface area contributed by atoms with Gasteiger partial charge in [-0.1, -0.05) is 28.1 Å². The number of amidine groups is 1. The van der Waals surface area contributed by atoms with Gasteiger partial charge >= 0.3 is 6.03 Å². The number of benzene rings is 2. The van der Waals surface area contributed by atoms with E-state index in [4.69, 9.17) is 0 Å². The van der Waals surface area contributed by atoms with Crippen LogP contribution < -0.4 is 16.0 Å². The van der Waals surface area contributed by atoms with Crippen LogP contribution in [0.2, 0.25) is 0 Å². The first-order valence-electron chi connectivity index (χ1n) is 6.93. The average molecular weight is 396 g/mol. The number of halogens is 2. The van der Waals surface area contributed by atoms with Gasteiger partial charge in [-0.2, -0.15) is 0 Å². The van der Waals surface area contributed by atoms with Crippen LogP contribution in [0.1, 0.15) is 5.56 Å². The zero-order valence-corrected chi connectivity index (χ0v) is 14.6. The van der Waals surface area contributed by atoms with Crippen LogP contribution in [0.3, 0.4) is 0 Å². The number of nitrogens with one attached hydrogen (secondary N) is 3. The molecule has 7 heteroatoms. The van der Waals surface area contributed by atoms with Crippen molar-refractivity contribution in [3.63, 3.8) is 0 Å². The van der Waals surface area contributed by atoms with Crippen LogP contribution in [0.4, 0.5) is 16.2 Å². The molecule has 3 N–H and O–H groups in total. The number of carbonyl (C=O) groups excluding carboxylic acids is 1. The summed E-state index contributed by atoms with van der Waals surface area (Å²) in [4.78, 5) is 16.4. The summed E-state index contributed by atoms with van der Waals surface area (Å²) in [6, 6.07) is 14.7. The molecule has 3 rings (SSSR count). The summed E-state index contributed by atoms with van der Waals surface area (Å²) in [5.41, 5.74) is 2.43. The molecular weight excluding hydrogens is 380 g/mol. The molecule has 2 aromatic rings. The Hall–Kier alpha value is -2.05. The van der Waals surface area contributed by atoms with Crippen LogP contribution in [0.5, 0.6) is 0 Å². The quantitative estimate of drug-likeness (QED) is 0.739. The van der Waals surface area contributed by atoms with E-state index in [0.29, 0.717) is 0 Å². The van der Waals surface area contributed by atoms with Crippen LogP contribution in [0.25, 0.3) is 0 Å². The molecule has 120 valence electrons. The van der Waals surface area contributed by atoms with E-state index in [2.05, 4.69) is 36.9 Å². The second kappa shape index (κ2) is 7.99. The highest BCUT2D eigenvalue weighted by atomic mass is 79.9. The molecule has 2 amide bonds. The lowest BCUT2D eigenvalue weighted by molar-refractivity contribution is 0.262. The van der Waals surface area contributed by atoms with Gasteiger partial charge in [-0.3, -0.25) is 4.99 Å². The highest BCUT2D eigenvalue weighted by Gasteiger charge is 2.09. The molecule has 0 fully saturated rings. The van der Waals surface area contributed by atoms with Gasteiger partial charge in [0.05, 0.1) is 6.54 Å². The first-order valence-corrected chi connectivity index (χ1v) is 7.72. The molecule has 1 aliphatic rings. The van der Waals surface area contributed by atoms with Gasteiger partial charge in [-0.05, 0) is 36.4 Å². The smallest absolute Gasteiger partial charge is 0.323 e. The van der Waals surface area contributed by atoms with Crippen LogP contribution >= 0.6 is 28.3 Å². The second-order valence-electron chi connectivity index (χ2n) is 4.82. The van der Waals surface area contributed by atoms with Crippen LogP contribution in [0.15, 0.2) is 58.0 Å². The Kier molecular flexibility index (Phi) is 6.01. The number of nitrogens with zero attached hydrogens (tertiary/aromatic N) is 1. The molecular formula is C16H16BrClN4O. The fourth-order valence-corrected chi connectivity index (χ4v) is 2.43. The standard InChI is InChI=1S/C16H15BrN4O.ClH/c17-12-4-6-13(7-5-12)20-16(22)21-14-3-1-2-11(10-14)15-18-8-9-19-15;/h1-7,10H,8-9H2,(H,18,19)(H2,20,21,22);1H. The molecule has 0 saturated heterocycles. The maximum Gasteiger partial charge on any atom is 0.323 e. The number of rotatable bonds is 3. The topological polar surface area (TPSA) is 65.5 Å². The molecule has 1 aliphatic heterocycles. The molecule has 0 atom stereocenters. The number of hydrogen-bond donors (Lipinski definition) is 3. The number of aliphatic imine (C=N–C) groups is 1. The Morgan fingerprint density at radius 3 is 2.52 bits per heavy atom. The van der Waals surface area contributed by atoms with Crippen LogP contribution in [-0.2, 0) is 0 Å². The second-order valence-corrected chi connectivity index (χ2v) is 5.74. The van der Waals surface area contributed by atoms with Crippen LogP contribution in [-0.4, -0.2) is 25.0 Å². The van der Waals surface area contributed by atoms with E-state index in [9.17, 15) is 4.79 Å². The summed E-state index contributed by atoms with van der Waals surface area (Å²) in [6.07, 6.45) is 0. The van der Waals surface area contributed by atoms with E-state index in [1.807, 2.05) is 48.5 Å². The first kappa shape index (κ1) is 17.3. The third-order valence-corrected chi connectivity index (χ3v) is 3.70. The van der Waals surface area contributed by atoms with Crippen molar-refractivity contribution < 1.29 is 4.79 Å². The molecule has 0 unspecified atom stereocenters. The first-order chi connectivity index (χ1) is 10.7. The van der Waals surface area contributed by atoms with Gasteiger partial charge < -0.3 is 16.0 Å². The number of anilines is 2. The van der Waals surface area contributed by atoms with E-state index < -0.39 is 0 Å². The van der Waals surface area contributed by atoms with Crippen molar-refractivity contribution in [2.24, 2.45) is 4.99 Å². The zero-order chi connectivity index (χ0) is 15.4. The third-order valence-electron chi connectivity index (χ3n) is 3.17. The Bertz CT molecular complexity index is 718. The molecule has 0 aromatic heterocycles. The average Bonchev–Trinajstić information content (AvgIpc) is 3.04. The maximum absolute atomic E-state index is 12.0. The molecule has 0 aliphatic carbocycles. The summed E-state index contributed by atoms with van der Waals surface area (Å²) >= 11 is 3.36. The van der Waals surface area contributed by atoms with Crippen molar-refractivity contribution in [2.45, 2.75) is 0 Å². The fourth-order valence-electron chi connectivity index (χ4n) is 2.16. The van der Waals surface area contributed by atoms with Gasteiger partial charge in [0.25, 0.3) is 0 Å². The molecule has 1 heterocycles. The number of hydrogen-bond acceptors (Lipinski definition) is 3. The molecule has 0 bridgehead atoms. The third kappa shape index (κ3) is 4.71. The maximum atomic E-state index is 12.0. The van der Waals surface area contributed by atoms with Gasteiger partial charge in [-0.25, -0.2) is 4.79 Å². The van der Waals surface area contributed by atoms with Gasteiger partial charge in [-0.15, -0.1) is 12.4 Å². The van der Waals surface area contributed by atoms with Crippen molar-refractivity contribution in [3.8, 4) is 0 Å². The summed E-state index contributed by atoms with van der Waals surface area (Å²) in [5, 5.41) is 8.83. The lowest BCUT2D eigenvalue weighted by Gasteiger charge is -2.09. The van der Waals surface area contributed by atoms with Crippen molar-refractivity contribution in [1.29, 1.82) is 0 Å². The Balaban J connectivity index is 0.00000192. The predicted octanol–water partition coefficient (Wildman–Crippen LogP) is 3.86. The van der Waals surface area contributed by atoms with E-state index in [1.54, 1.807) is 0 Å². The molecule has 23 heavy (non-hydrogen) atoms. The molecule has 2 aromatic carbocycles. The summed E-state index contributed by atoms with van der Waals surface area (Å²) < 4.78 is 0.969. The molecule has 0 spiro atoms. The Labute approximate surface area is 149 Å². The highest BCUT2D eigenvalue weighted by Crippen LogP contribution is 2.16. The Morgan fingerprint density at radius 1 is 1.09 bits per heavy atom. The predicted molar refractivity (Wildman–Crippen MR) is 99.9 cm³/mol. The van der Waals surface area contributed by atoms with E-state index in [-0.39, 0.29) is 18.4 Å². The number of amides is 2. The van der Waals surface area contributed by atoms with Gasteiger partial charge in [0.1, 0.15) is 5.84 Å². The molecule has 0 saturated carbocycles. The molecule has 0 radical (unpaired) electrons. The summed E-state index contributed by atoms with van der Waals surface area (Å²) in [7, 11) is 0. The minimum Gasteiger partial charge on any atom is -0.368 e. The Morgan fingerprint density at radius 2 is 1.83 bits per heavy atom. The lowest BCUT2D eigenvalue weighted by atomic mass is 10.2. The SMILES string of the molecule is Cl.O=C(Nc1ccc(Br)cc1)Nc1cccc(C2=NCCN2)c1. The fraction of sp³-hybridized carbons (Fsp3) is 0.125. The monoisotopic (exact) mass is 394 g/mol. The van der Waals surface area contributed by atoms with Crippen LogP contribution in [0, 0.1) is 0 Å². The van der Waals surface area contributed by atoms with Gasteiger partial charge in [0.15, 0.2) is 0 Å².